The van der Waals surface area contributed by atoms with E-state index in [1.54, 1.807) is 45.7 Å². The first-order valence-electron chi connectivity index (χ1n) is 13.5. The smallest absolute Gasteiger partial charge is 0.251 e. The van der Waals surface area contributed by atoms with E-state index in [4.69, 9.17) is 0 Å². The van der Waals surface area contributed by atoms with Crippen molar-refractivity contribution < 1.29 is 19.5 Å². The van der Waals surface area contributed by atoms with Crippen molar-refractivity contribution in [2.45, 2.75) is 62.0 Å². The highest BCUT2D eigenvalue weighted by molar-refractivity contribution is 8.02. The molecule has 3 amide bonds. The lowest BCUT2D eigenvalue weighted by Gasteiger charge is -2.38. The highest BCUT2D eigenvalue weighted by Crippen LogP contribution is 2.71. The summed E-state index contributed by atoms with van der Waals surface area (Å²) in [6, 6.07) is 5.27. The number of amides is 3. The molecule has 38 heavy (non-hydrogen) atoms. The summed E-state index contributed by atoms with van der Waals surface area (Å²) in [6.07, 6.45) is 6.04. The number of para-hydroxylation sites is 1. The summed E-state index contributed by atoms with van der Waals surface area (Å²) in [6.45, 7) is 14.9. The summed E-state index contributed by atoms with van der Waals surface area (Å²) in [5, 5.41) is 9.42. The largest absolute Gasteiger partial charge is 0.396 e. The van der Waals surface area contributed by atoms with Crippen LogP contribution in [0.15, 0.2) is 43.5 Å². The average Bonchev–Trinajstić information content (AvgIpc) is 3.43. The molecule has 1 aromatic rings. The van der Waals surface area contributed by atoms with Crippen LogP contribution in [0.1, 0.15) is 43.7 Å². The maximum Gasteiger partial charge on any atom is 0.251 e. The van der Waals surface area contributed by atoms with Gasteiger partial charge in [0.15, 0.2) is 0 Å². The Labute approximate surface area is 230 Å². The minimum atomic E-state index is -0.688. The fraction of sp³-hybridized carbons (Fsp3) is 0.567. The highest BCUT2D eigenvalue weighted by atomic mass is 32.2. The van der Waals surface area contributed by atoms with Gasteiger partial charge in [0.25, 0.3) is 5.91 Å². The number of anilines is 1. The maximum atomic E-state index is 14.7. The van der Waals surface area contributed by atoms with Gasteiger partial charge in [-0.2, -0.15) is 0 Å². The minimum absolute atomic E-state index is 0.0283. The van der Waals surface area contributed by atoms with E-state index in [1.807, 2.05) is 32.0 Å². The molecule has 1 spiro atoms. The number of hydrogen-bond acceptors (Lipinski definition) is 5. The number of aliphatic hydroxyl groups is 1. The number of carbonyl (C=O) groups is 3. The summed E-state index contributed by atoms with van der Waals surface area (Å²) < 4.78 is -1.09. The van der Waals surface area contributed by atoms with E-state index < -0.39 is 27.4 Å². The summed E-state index contributed by atoms with van der Waals surface area (Å²) in [7, 11) is 1.75. The van der Waals surface area contributed by atoms with Crippen LogP contribution in [0.3, 0.4) is 0 Å². The molecule has 3 heterocycles. The molecule has 3 aliphatic rings. The number of likely N-dealkylation sites (N-methyl/N-ethyl adjacent to an activating group) is 1. The van der Waals surface area contributed by atoms with Crippen LogP contribution in [-0.2, 0) is 14.4 Å². The molecule has 0 saturated carbocycles. The Balaban J connectivity index is 1.82. The highest BCUT2D eigenvalue weighted by Gasteiger charge is 2.77. The fourth-order valence-corrected chi connectivity index (χ4v) is 9.38. The number of carbonyl (C=O) groups excluding carboxylic acids is 3. The number of unbranched alkanes of at least 4 members (excludes halogenated alkanes) is 1. The number of thioether (sulfide) groups is 1. The molecule has 2 unspecified atom stereocenters. The van der Waals surface area contributed by atoms with Gasteiger partial charge in [-0.3, -0.25) is 14.4 Å². The number of rotatable bonds is 11. The van der Waals surface area contributed by atoms with Crippen molar-refractivity contribution in [1.29, 1.82) is 0 Å². The number of aryl methyl sites for hydroxylation is 2. The van der Waals surface area contributed by atoms with Gasteiger partial charge in [0.2, 0.25) is 11.8 Å². The first kappa shape index (κ1) is 28.4. The second kappa shape index (κ2) is 10.9. The third-order valence-corrected chi connectivity index (χ3v) is 10.6. The van der Waals surface area contributed by atoms with E-state index in [9.17, 15) is 19.5 Å². The zero-order valence-corrected chi connectivity index (χ0v) is 23.9. The molecule has 8 heteroatoms. The Hall–Kier alpha value is -2.58. The summed E-state index contributed by atoms with van der Waals surface area (Å²) in [5.74, 6) is -1.34. The topological polar surface area (TPSA) is 81.2 Å². The van der Waals surface area contributed by atoms with Crippen LogP contribution in [-0.4, -0.2) is 81.5 Å². The lowest BCUT2D eigenvalue weighted by atomic mass is 9.66. The number of fused-ring (bicyclic) bond motifs is 1. The van der Waals surface area contributed by atoms with Gasteiger partial charge in [0, 0.05) is 43.7 Å². The van der Waals surface area contributed by atoms with Gasteiger partial charge in [-0.25, -0.2) is 0 Å². The molecule has 7 nitrogen and oxygen atoms in total. The van der Waals surface area contributed by atoms with Crippen LogP contribution in [0, 0.1) is 25.7 Å². The lowest BCUT2D eigenvalue weighted by Crippen LogP contribution is -2.55. The Morgan fingerprint density at radius 2 is 1.79 bits per heavy atom. The Morgan fingerprint density at radius 3 is 2.39 bits per heavy atom. The number of hydrogen-bond donors (Lipinski definition) is 1. The molecule has 2 bridgehead atoms. The van der Waals surface area contributed by atoms with E-state index in [-0.39, 0.29) is 24.3 Å². The summed E-state index contributed by atoms with van der Waals surface area (Å²) >= 11 is 1.69. The Kier molecular flexibility index (Phi) is 8.15. The molecule has 0 aromatic heterocycles. The molecule has 206 valence electrons. The molecule has 1 N–H and O–H groups in total. The number of likely N-dealkylation sites (tertiary alicyclic amines) is 1. The molecular formula is C30H41N3O4S. The molecule has 3 saturated heterocycles. The predicted octanol–water partition coefficient (Wildman–Crippen LogP) is 3.72. The van der Waals surface area contributed by atoms with Gasteiger partial charge in [-0.1, -0.05) is 30.4 Å². The van der Waals surface area contributed by atoms with E-state index in [0.29, 0.717) is 38.9 Å². The van der Waals surface area contributed by atoms with E-state index >= 15 is 0 Å². The third kappa shape index (κ3) is 4.39. The van der Waals surface area contributed by atoms with Crippen LogP contribution < -0.4 is 4.90 Å². The normalized spacial score (nSPS) is 29.3. The fourth-order valence-electron chi connectivity index (χ4n) is 7.04. The van der Waals surface area contributed by atoms with Crippen LogP contribution in [0.25, 0.3) is 0 Å². The zero-order chi connectivity index (χ0) is 27.8. The molecule has 0 aliphatic carbocycles. The molecule has 1 aromatic carbocycles. The van der Waals surface area contributed by atoms with E-state index in [0.717, 1.165) is 23.2 Å². The van der Waals surface area contributed by atoms with E-state index in [2.05, 4.69) is 20.1 Å². The van der Waals surface area contributed by atoms with Gasteiger partial charge in [0.05, 0.1) is 16.6 Å². The first-order chi connectivity index (χ1) is 18.1. The van der Waals surface area contributed by atoms with Crippen molar-refractivity contribution in [3.8, 4) is 0 Å². The minimum Gasteiger partial charge on any atom is -0.396 e. The van der Waals surface area contributed by atoms with E-state index in [1.165, 1.54) is 0 Å². The van der Waals surface area contributed by atoms with Gasteiger partial charge >= 0.3 is 0 Å². The van der Waals surface area contributed by atoms with Crippen molar-refractivity contribution in [3.05, 3.63) is 54.6 Å². The van der Waals surface area contributed by atoms with Gasteiger partial charge in [-0.15, -0.1) is 24.9 Å². The van der Waals surface area contributed by atoms with Crippen molar-refractivity contribution in [2.75, 3.05) is 38.2 Å². The van der Waals surface area contributed by atoms with Crippen molar-refractivity contribution in [2.24, 2.45) is 11.8 Å². The molecular weight excluding hydrogens is 498 g/mol. The molecule has 5 atom stereocenters. The Morgan fingerprint density at radius 1 is 1.13 bits per heavy atom. The number of nitrogens with zero attached hydrogens (tertiary/aromatic N) is 3. The van der Waals surface area contributed by atoms with Crippen LogP contribution in [0.5, 0.6) is 0 Å². The van der Waals surface area contributed by atoms with Gasteiger partial charge < -0.3 is 19.8 Å². The van der Waals surface area contributed by atoms with Crippen molar-refractivity contribution in [1.82, 2.24) is 9.80 Å². The summed E-state index contributed by atoms with van der Waals surface area (Å²) in [4.78, 5) is 47.8. The second-order valence-electron chi connectivity index (χ2n) is 11.2. The van der Waals surface area contributed by atoms with Crippen molar-refractivity contribution in [3.63, 3.8) is 0 Å². The van der Waals surface area contributed by atoms with Crippen LogP contribution >= 0.6 is 11.8 Å². The average molecular weight is 540 g/mol. The van der Waals surface area contributed by atoms with Gasteiger partial charge in [-0.05, 0) is 57.6 Å². The molecule has 3 aliphatic heterocycles. The Bertz CT molecular complexity index is 1120. The molecule has 0 radical (unpaired) electrons. The lowest BCUT2D eigenvalue weighted by molar-refractivity contribution is -0.144. The molecule has 3 fully saturated rings. The maximum absolute atomic E-state index is 14.7. The second-order valence-corrected chi connectivity index (χ2v) is 13.1. The first-order valence-corrected chi connectivity index (χ1v) is 14.4. The van der Waals surface area contributed by atoms with Crippen LogP contribution in [0.4, 0.5) is 5.69 Å². The zero-order valence-electron chi connectivity index (χ0n) is 23.1. The monoisotopic (exact) mass is 539 g/mol. The van der Waals surface area contributed by atoms with Gasteiger partial charge in [0.1, 0.15) is 6.04 Å². The quantitative estimate of drug-likeness (QED) is 0.343. The van der Waals surface area contributed by atoms with Crippen molar-refractivity contribution >= 4 is 35.2 Å². The number of aliphatic hydroxyl groups excluding tert-OH is 1. The number of benzene rings is 1. The SMILES string of the molecule is C=CCN(C)C(=O)[C@@H]1[C@H]2C(=O)N(CCCCO)C(C(=O)N(CC=C)c3c(C)cccc3C)C23CC[C@@]1(C)S3. The predicted molar refractivity (Wildman–Crippen MR) is 153 cm³/mol. The third-order valence-electron chi connectivity index (χ3n) is 8.65. The summed E-state index contributed by atoms with van der Waals surface area (Å²) in [5.41, 5.74) is 2.82. The standard InChI is InChI=1S/C30H41N3O4S/c1-7-16-31(6)26(35)22-23-27(36)33(18-9-10-19-34)25(30(23)15-14-29(22,5)38-30)28(37)32(17-8-2)24-20(3)12-11-13-21(24)4/h7-8,11-13,22-23,25,34H,1-2,9-10,14-19H2,3-6H3/t22-,23-,25?,29+,30?/m0/s1. The van der Waals surface area contributed by atoms with Crippen LogP contribution in [0.2, 0.25) is 0 Å². The molecule has 4 rings (SSSR count).